The summed E-state index contributed by atoms with van der Waals surface area (Å²) in [6.45, 7) is 0. The van der Waals surface area contributed by atoms with E-state index in [1.807, 2.05) is 18.2 Å². The van der Waals surface area contributed by atoms with E-state index in [1.165, 1.54) is 5.56 Å². The van der Waals surface area contributed by atoms with Crippen molar-refractivity contribution in [1.29, 1.82) is 0 Å². The second-order valence-electron chi connectivity index (χ2n) is 4.44. The zero-order chi connectivity index (χ0) is 11.9. The van der Waals surface area contributed by atoms with Crippen LogP contribution in [0.3, 0.4) is 0 Å². The summed E-state index contributed by atoms with van der Waals surface area (Å²) in [6.07, 6.45) is 2.63. The van der Waals surface area contributed by atoms with Crippen molar-refractivity contribution in [1.82, 2.24) is 9.97 Å². The van der Waals surface area contributed by atoms with Crippen molar-refractivity contribution in [2.24, 2.45) is 0 Å². The number of rotatable bonds is 1. The first-order valence-corrected chi connectivity index (χ1v) is 5.96. The van der Waals surface area contributed by atoms with Crippen LogP contribution in [0.1, 0.15) is 17.5 Å². The van der Waals surface area contributed by atoms with Crippen LogP contribution in [0.2, 0.25) is 0 Å². The highest BCUT2D eigenvalue weighted by Gasteiger charge is 2.25. The maximum absolute atomic E-state index is 5.75. The van der Waals surface area contributed by atoms with Crippen molar-refractivity contribution in [3.05, 3.63) is 54.0 Å². The topological polar surface area (TPSA) is 51.0 Å². The molecule has 0 spiro atoms. The number of para-hydroxylation sites is 1. The van der Waals surface area contributed by atoms with Crippen molar-refractivity contribution in [3.8, 4) is 0 Å². The van der Waals surface area contributed by atoms with Gasteiger partial charge in [-0.3, -0.25) is 0 Å². The van der Waals surface area contributed by atoms with E-state index in [1.54, 1.807) is 6.20 Å². The number of aromatic nitrogens is 2. The van der Waals surface area contributed by atoms with Gasteiger partial charge in [0.05, 0.1) is 0 Å². The van der Waals surface area contributed by atoms with Crippen molar-refractivity contribution in [3.63, 3.8) is 0 Å². The zero-order valence-corrected chi connectivity index (χ0v) is 9.63. The van der Waals surface area contributed by atoms with Gasteiger partial charge in [-0.05, 0) is 23.8 Å². The fourth-order valence-electron chi connectivity index (χ4n) is 2.38. The minimum absolute atomic E-state index is 0.108. The van der Waals surface area contributed by atoms with E-state index in [9.17, 15) is 0 Å². The Labute approximate surface area is 104 Å². The first-order valence-electron chi connectivity index (χ1n) is 5.96. The quantitative estimate of drug-likeness (QED) is 0.707. The zero-order valence-electron chi connectivity index (χ0n) is 9.63. The van der Waals surface area contributed by atoms with Crippen molar-refractivity contribution >= 4 is 16.9 Å². The standard InChI is InChI=1S/C14H11N3O/c1-2-5-10-9(4-1)8-11(16-10)14-17-13-12(18-14)6-3-7-15-13/h1-7,11,16H,8H2. The Hall–Kier alpha value is -2.36. The van der Waals surface area contributed by atoms with Crippen LogP contribution in [0.25, 0.3) is 11.2 Å². The molecule has 0 saturated carbocycles. The summed E-state index contributed by atoms with van der Waals surface area (Å²) in [5.41, 5.74) is 3.88. The number of fused-ring (bicyclic) bond motifs is 2. The molecule has 1 atom stereocenters. The highest BCUT2D eigenvalue weighted by Crippen LogP contribution is 2.34. The second kappa shape index (κ2) is 3.57. The Bertz CT molecular complexity index is 662. The number of oxazole rings is 1. The summed E-state index contributed by atoms with van der Waals surface area (Å²) in [4.78, 5) is 8.63. The summed E-state index contributed by atoms with van der Waals surface area (Å²) in [5.74, 6) is 0.708. The highest BCUT2D eigenvalue weighted by molar-refractivity contribution is 5.67. The molecule has 0 aliphatic carbocycles. The third-order valence-electron chi connectivity index (χ3n) is 3.25. The van der Waals surface area contributed by atoms with Gasteiger partial charge in [-0.1, -0.05) is 18.2 Å². The maximum atomic E-state index is 5.75. The molecule has 0 radical (unpaired) electrons. The molecule has 3 aromatic rings. The fraction of sp³-hybridized carbons (Fsp3) is 0.143. The summed E-state index contributed by atoms with van der Waals surface area (Å²) in [5, 5.41) is 3.43. The highest BCUT2D eigenvalue weighted by atomic mass is 16.3. The predicted molar refractivity (Wildman–Crippen MR) is 68.3 cm³/mol. The molecule has 4 rings (SSSR count). The van der Waals surface area contributed by atoms with Crippen LogP contribution in [-0.2, 0) is 6.42 Å². The SMILES string of the molecule is c1ccc2c(c1)CC(c1nc3ncccc3o1)N2. The molecule has 0 saturated heterocycles. The number of benzene rings is 1. The van der Waals surface area contributed by atoms with Crippen LogP contribution in [0, 0.1) is 0 Å². The number of nitrogens with one attached hydrogen (secondary N) is 1. The molecule has 1 aliphatic heterocycles. The first kappa shape index (κ1) is 9.65. The minimum atomic E-state index is 0.108. The molecule has 4 nitrogen and oxygen atoms in total. The number of pyridine rings is 1. The summed E-state index contributed by atoms with van der Waals surface area (Å²) in [6, 6.07) is 12.1. The summed E-state index contributed by atoms with van der Waals surface area (Å²) < 4.78 is 5.75. The van der Waals surface area contributed by atoms with Gasteiger partial charge in [-0.15, -0.1) is 0 Å². The molecule has 1 N–H and O–H groups in total. The Morgan fingerprint density at radius 3 is 3.00 bits per heavy atom. The molecule has 18 heavy (non-hydrogen) atoms. The number of anilines is 1. The van der Waals surface area contributed by atoms with E-state index in [-0.39, 0.29) is 6.04 Å². The van der Waals surface area contributed by atoms with Gasteiger partial charge >= 0.3 is 0 Å². The third kappa shape index (κ3) is 1.39. The molecule has 1 unspecified atom stereocenters. The van der Waals surface area contributed by atoms with Gasteiger partial charge in [0.2, 0.25) is 5.89 Å². The molecular formula is C14H11N3O. The van der Waals surface area contributed by atoms with Crippen LogP contribution >= 0.6 is 0 Å². The molecule has 3 heterocycles. The lowest BCUT2D eigenvalue weighted by Gasteiger charge is -2.05. The fourth-order valence-corrected chi connectivity index (χ4v) is 2.38. The number of hydrogen-bond donors (Lipinski definition) is 1. The Kier molecular flexibility index (Phi) is 1.91. The van der Waals surface area contributed by atoms with Gasteiger partial charge in [0, 0.05) is 18.3 Å². The van der Waals surface area contributed by atoms with Gasteiger partial charge in [0.25, 0.3) is 0 Å². The van der Waals surface area contributed by atoms with E-state index in [0.717, 1.165) is 17.7 Å². The molecular weight excluding hydrogens is 226 g/mol. The molecule has 88 valence electrons. The van der Waals surface area contributed by atoms with E-state index in [2.05, 4.69) is 33.5 Å². The monoisotopic (exact) mass is 237 g/mol. The average Bonchev–Trinajstić information content (AvgIpc) is 3.02. The van der Waals surface area contributed by atoms with Gasteiger partial charge in [-0.25, -0.2) is 4.98 Å². The van der Waals surface area contributed by atoms with Crippen LogP contribution in [-0.4, -0.2) is 9.97 Å². The molecule has 1 aromatic carbocycles. The maximum Gasteiger partial charge on any atom is 0.219 e. The average molecular weight is 237 g/mol. The molecule has 1 aliphatic rings. The first-order chi connectivity index (χ1) is 8.90. The molecule has 0 amide bonds. The molecule has 2 aromatic heterocycles. The lowest BCUT2D eigenvalue weighted by atomic mass is 10.1. The van der Waals surface area contributed by atoms with E-state index in [0.29, 0.717) is 11.5 Å². The smallest absolute Gasteiger partial charge is 0.219 e. The normalized spacial score (nSPS) is 17.7. The van der Waals surface area contributed by atoms with Gasteiger partial charge in [-0.2, -0.15) is 4.98 Å². The third-order valence-corrected chi connectivity index (χ3v) is 3.25. The van der Waals surface area contributed by atoms with E-state index < -0.39 is 0 Å². The van der Waals surface area contributed by atoms with Gasteiger partial charge in [0.1, 0.15) is 6.04 Å². The van der Waals surface area contributed by atoms with Crippen LogP contribution in [0.5, 0.6) is 0 Å². The van der Waals surface area contributed by atoms with Gasteiger partial charge < -0.3 is 9.73 Å². The largest absolute Gasteiger partial charge is 0.437 e. The Morgan fingerprint density at radius 2 is 2.11 bits per heavy atom. The van der Waals surface area contributed by atoms with E-state index in [4.69, 9.17) is 4.42 Å². The summed E-state index contributed by atoms with van der Waals surface area (Å²) >= 11 is 0. The molecule has 0 fully saturated rings. The summed E-state index contributed by atoms with van der Waals surface area (Å²) in [7, 11) is 0. The second-order valence-corrected chi connectivity index (χ2v) is 4.44. The molecule has 0 bridgehead atoms. The van der Waals surface area contributed by atoms with E-state index >= 15 is 0 Å². The van der Waals surface area contributed by atoms with Crippen LogP contribution < -0.4 is 5.32 Å². The lowest BCUT2D eigenvalue weighted by molar-refractivity contribution is 0.497. The van der Waals surface area contributed by atoms with Crippen LogP contribution in [0.4, 0.5) is 5.69 Å². The van der Waals surface area contributed by atoms with Crippen molar-refractivity contribution in [2.45, 2.75) is 12.5 Å². The minimum Gasteiger partial charge on any atom is -0.437 e. The van der Waals surface area contributed by atoms with Crippen molar-refractivity contribution in [2.75, 3.05) is 5.32 Å². The number of nitrogens with zero attached hydrogens (tertiary/aromatic N) is 2. The number of hydrogen-bond acceptors (Lipinski definition) is 4. The molecule has 4 heteroatoms. The Morgan fingerprint density at radius 1 is 1.17 bits per heavy atom. The van der Waals surface area contributed by atoms with Gasteiger partial charge in [0.15, 0.2) is 11.2 Å². The predicted octanol–water partition coefficient (Wildman–Crippen LogP) is 2.93. The Balaban J connectivity index is 1.73. The van der Waals surface area contributed by atoms with Crippen LogP contribution in [0.15, 0.2) is 47.0 Å². The lowest BCUT2D eigenvalue weighted by Crippen LogP contribution is -2.05. The van der Waals surface area contributed by atoms with Crippen molar-refractivity contribution < 1.29 is 4.42 Å².